The van der Waals surface area contributed by atoms with Crippen molar-refractivity contribution in [1.29, 1.82) is 0 Å². The van der Waals surface area contributed by atoms with Crippen molar-refractivity contribution in [2.24, 2.45) is 5.92 Å². The Kier molecular flexibility index (Phi) is 6.85. The second-order valence-electron chi connectivity index (χ2n) is 7.43. The van der Waals surface area contributed by atoms with Crippen LogP contribution >= 0.6 is 27.3 Å². The van der Waals surface area contributed by atoms with E-state index in [4.69, 9.17) is 4.74 Å². The SMILES string of the molecule is C[C@H](NC(=O)c1sc(NC(=O)OC(C)(C)C)nc1Br)C1CCCCC1. The van der Waals surface area contributed by atoms with Crippen LogP contribution in [0.1, 0.15) is 69.5 Å². The summed E-state index contributed by atoms with van der Waals surface area (Å²) in [6, 6.07) is 0.129. The normalized spacial score (nSPS) is 17.0. The summed E-state index contributed by atoms with van der Waals surface area (Å²) in [5, 5.41) is 5.97. The third kappa shape index (κ3) is 6.26. The van der Waals surface area contributed by atoms with E-state index < -0.39 is 11.7 Å². The topological polar surface area (TPSA) is 80.3 Å². The lowest BCUT2D eigenvalue weighted by Gasteiger charge is -2.28. The molecule has 25 heavy (non-hydrogen) atoms. The van der Waals surface area contributed by atoms with Crippen molar-refractivity contribution >= 4 is 44.4 Å². The number of rotatable bonds is 4. The van der Waals surface area contributed by atoms with Crippen molar-refractivity contribution in [1.82, 2.24) is 10.3 Å². The maximum absolute atomic E-state index is 12.5. The van der Waals surface area contributed by atoms with Gasteiger partial charge in [0.1, 0.15) is 15.1 Å². The van der Waals surface area contributed by atoms with E-state index in [1.807, 2.05) is 0 Å². The number of hydrogen-bond acceptors (Lipinski definition) is 5. The number of ether oxygens (including phenoxy) is 1. The first-order valence-corrected chi connectivity index (χ1v) is 10.2. The molecule has 1 aromatic heterocycles. The summed E-state index contributed by atoms with van der Waals surface area (Å²) in [4.78, 5) is 29.0. The number of thiazole rings is 1. The number of aromatic nitrogens is 1. The summed E-state index contributed by atoms with van der Waals surface area (Å²) in [6.07, 6.45) is 5.50. The van der Waals surface area contributed by atoms with E-state index in [1.165, 1.54) is 19.3 Å². The average molecular weight is 432 g/mol. The summed E-state index contributed by atoms with van der Waals surface area (Å²) in [7, 11) is 0. The van der Waals surface area contributed by atoms with Crippen molar-refractivity contribution in [2.45, 2.75) is 71.4 Å². The van der Waals surface area contributed by atoms with E-state index in [9.17, 15) is 9.59 Å². The predicted octanol–water partition coefficient (Wildman–Crippen LogP) is 4.95. The van der Waals surface area contributed by atoms with Crippen molar-refractivity contribution in [3.05, 3.63) is 9.48 Å². The highest BCUT2D eigenvalue weighted by Crippen LogP contribution is 2.29. The highest BCUT2D eigenvalue weighted by molar-refractivity contribution is 9.10. The number of carbonyl (C=O) groups excluding carboxylic acids is 2. The molecule has 8 heteroatoms. The molecule has 0 spiro atoms. The average Bonchev–Trinajstić information content (AvgIpc) is 2.86. The van der Waals surface area contributed by atoms with E-state index in [2.05, 4.69) is 38.5 Å². The molecule has 1 atom stereocenters. The van der Waals surface area contributed by atoms with Gasteiger partial charge in [-0.1, -0.05) is 30.6 Å². The molecule has 2 rings (SSSR count). The van der Waals surface area contributed by atoms with Crippen LogP contribution in [-0.4, -0.2) is 28.6 Å². The van der Waals surface area contributed by atoms with Crippen molar-refractivity contribution in [2.75, 3.05) is 5.32 Å². The van der Waals surface area contributed by atoms with E-state index in [0.717, 1.165) is 24.2 Å². The quantitative estimate of drug-likeness (QED) is 0.706. The molecule has 140 valence electrons. The standard InChI is InChI=1S/C17H26BrN3O3S/c1-10(11-8-6-5-7-9-11)19-14(22)12-13(18)20-15(25-12)21-16(23)24-17(2,3)4/h10-11H,5-9H2,1-4H3,(H,19,22)(H,20,21,23)/t10-/m0/s1. The fourth-order valence-electron chi connectivity index (χ4n) is 2.91. The van der Waals surface area contributed by atoms with Crippen LogP contribution in [0, 0.1) is 5.92 Å². The Morgan fingerprint density at radius 1 is 1.28 bits per heavy atom. The van der Waals surface area contributed by atoms with E-state index in [1.54, 1.807) is 20.8 Å². The zero-order chi connectivity index (χ0) is 18.6. The minimum absolute atomic E-state index is 0.129. The Labute approximate surface area is 161 Å². The van der Waals surface area contributed by atoms with Crippen LogP contribution in [0.5, 0.6) is 0 Å². The second-order valence-corrected chi connectivity index (χ2v) is 9.18. The Balaban J connectivity index is 1.96. The van der Waals surface area contributed by atoms with Gasteiger partial charge in [-0.25, -0.2) is 9.78 Å². The molecule has 0 saturated heterocycles. The molecule has 1 aromatic rings. The summed E-state index contributed by atoms with van der Waals surface area (Å²) < 4.78 is 5.62. The summed E-state index contributed by atoms with van der Waals surface area (Å²) in [5.74, 6) is 0.364. The molecule has 1 fully saturated rings. The fourth-order valence-corrected chi connectivity index (χ4v) is 4.37. The van der Waals surface area contributed by atoms with Crippen LogP contribution in [0.25, 0.3) is 0 Å². The molecule has 6 nitrogen and oxygen atoms in total. The lowest BCUT2D eigenvalue weighted by atomic mass is 9.84. The number of nitrogens with zero attached hydrogens (tertiary/aromatic N) is 1. The van der Waals surface area contributed by atoms with Crippen LogP contribution < -0.4 is 10.6 Å². The van der Waals surface area contributed by atoms with Gasteiger partial charge >= 0.3 is 6.09 Å². The molecule has 2 amide bonds. The number of amides is 2. The first-order chi connectivity index (χ1) is 11.7. The monoisotopic (exact) mass is 431 g/mol. The predicted molar refractivity (Wildman–Crippen MR) is 103 cm³/mol. The number of nitrogens with one attached hydrogen (secondary N) is 2. The molecular weight excluding hydrogens is 406 g/mol. The van der Waals surface area contributed by atoms with E-state index in [0.29, 0.717) is 20.5 Å². The van der Waals surface area contributed by atoms with Crippen LogP contribution in [0.3, 0.4) is 0 Å². The minimum Gasteiger partial charge on any atom is -0.444 e. The molecule has 1 aliphatic carbocycles. The fraction of sp³-hybridized carbons (Fsp3) is 0.706. The number of carbonyl (C=O) groups is 2. The molecule has 1 heterocycles. The van der Waals surface area contributed by atoms with Crippen molar-refractivity contribution < 1.29 is 14.3 Å². The molecule has 0 unspecified atom stereocenters. The Morgan fingerprint density at radius 2 is 1.92 bits per heavy atom. The zero-order valence-electron chi connectivity index (χ0n) is 15.1. The molecule has 0 bridgehead atoms. The van der Waals surface area contributed by atoms with Crippen LogP contribution in [0.4, 0.5) is 9.93 Å². The minimum atomic E-state index is -0.589. The summed E-state index contributed by atoms with van der Waals surface area (Å²) in [5.41, 5.74) is -0.589. The van der Waals surface area contributed by atoms with Crippen molar-refractivity contribution in [3.8, 4) is 0 Å². The molecule has 0 radical (unpaired) electrons. The van der Waals surface area contributed by atoms with Gasteiger partial charge in [-0.2, -0.15) is 0 Å². The maximum Gasteiger partial charge on any atom is 0.413 e. The second kappa shape index (κ2) is 8.49. The van der Waals surface area contributed by atoms with Crippen LogP contribution in [0.15, 0.2) is 4.60 Å². The summed E-state index contributed by atoms with van der Waals surface area (Å²) >= 11 is 4.43. The van der Waals surface area contributed by atoms with Crippen LogP contribution in [0.2, 0.25) is 0 Å². The third-order valence-electron chi connectivity index (χ3n) is 4.12. The van der Waals surface area contributed by atoms with Gasteiger partial charge in [0.25, 0.3) is 5.91 Å². The van der Waals surface area contributed by atoms with Gasteiger partial charge in [0.05, 0.1) is 0 Å². The Bertz CT molecular complexity index is 621. The molecular formula is C17H26BrN3O3S. The first-order valence-electron chi connectivity index (χ1n) is 8.63. The van der Waals surface area contributed by atoms with E-state index >= 15 is 0 Å². The van der Waals surface area contributed by atoms with Gasteiger partial charge < -0.3 is 10.1 Å². The molecule has 2 N–H and O–H groups in total. The van der Waals surface area contributed by atoms with Gasteiger partial charge in [0.15, 0.2) is 5.13 Å². The van der Waals surface area contributed by atoms with Gasteiger partial charge in [0, 0.05) is 6.04 Å². The first kappa shape index (κ1) is 20.2. The largest absolute Gasteiger partial charge is 0.444 e. The van der Waals surface area contributed by atoms with Gasteiger partial charge in [-0.05, 0) is 62.4 Å². The Morgan fingerprint density at radius 3 is 2.52 bits per heavy atom. The highest BCUT2D eigenvalue weighted by atomic mass is 79.9. The van der Waals surface area contributed by atoms with Crippen molar-refractivity contribution in [3.63, 3.8) is 0 Å². The lowest BCUT2D eigenvalue weighted by Crippen LogP contribution is -2.38. The van der Waals surface area contributed by atoms with E-state index in [-0.39, 0.29) is 11.9 Å². The number of halogens is 1. The lowest BCUT2D eigenvalue weighted by molar-refractivity contribution is 0.0635. The van der Waals surface area contributed by atoms with Gasteiger partial charge in [0.2, 0.25) is 0 Å². The molecule has 1 saturated carbocycles. The van der Waals surface area contributed by atoms with Crippen LogP contribution in [-0.2, 0) is 4.74 Å². The summed E-state index contributed by atoms with van der Waals surface area (Å²) in [6.45, 7) is 7.42. The van der Waals surface area contributed by atoms with Gasteiger partial charge in [-0.15, -0.1) is 0 Å². The highest BCUT2D eigenvalue weighted by Gasteiger charge is 2.25. The number of anilines is 1. The van der Waals surface area contributed by atoms with Gasteiger partial charge in [-0.3, -0.25) is 10.1 Å². The smallest absolute Gasteiger partial charge is 0.413 e. The maximum atomic E-state index is 12.5. The molecule has 0 aliphatic heterocycles. The zero-order valence-corrected chi connectivity index (χ0v) is 17.6. The molecule has 1 aliphatic rings. The third-order valence-corrected chi connectivity index (χ3v) is 5.92. The molecule has 0 aromatic carbocycles. The number of hydrogen-bond donors (Lipinski definition) is 2. The Hall–Kier alpha value is -1.15.